The molecule has 0 radical (unpaired) electrons. The van der Waals surface area contributed by atoms with E-state index in [0.29, 0.717) is 18.8 Å². The van der Waals surface area contributed by atoms with E-state index in [2.05, 4.69) is 0 Å². The minimum Gasteiger partial charge on any atom is -0.493 e. The number of ketones is 1. The number of methoxy groups -OCH3 is 1. The summed E-state index contributed by atoms with van der Waals surface area (Å²) in [4.78, 5) is 12.4. The second-order valence-corrected chi connectivity index (χ2v) is 5.66. The number of Topliss-reactive ketones (excluding diaryl/α,β-unsaturated/α-hetero) is 1. The maximum atomic E-state index is 12.4. The number of hydrogen-bond acceptors (Lipinski definition) is 3. The second-order valence-electron chi connectivity index (χ2n) is 5.66. The molecule has 1 aliphatic heterocycles. The zero-order valence-electron chi connectivity index (χ0n) is 11.9. The summed E-state index contributed by atoms with van der Waals surface area (Å²) < 4.78 is 11.0. The van der Waals surface area contributed by atoms with Gasteiger partial charge in [0.25, 0.3) is 0 Å². The van der Waals surface area contributed by atoms with Crippen LogP contribution in [-0.4, -0.2) is 25.1 Å². The molecule has 1 unspecified atom stereocenters. The standard InChI is InChI=1S/C16H22O3/c1-16(2,18-3)10-8-14(17)12-9-11-19-15-7-5-4-6-13(12)15/h4-7,12H,8-11H2,1-3H3. The van der Waals surface area contributed by atoms with Gasteiger partial charge in [-0.2, -0.15) is 0 Å². The fourth-order valence-electron chi connectivity index (χ4n) is 2.38. The van der Waals surface area contributed by atoms with E-state index in [0.717, 1.165) is 24.2 Å². The van der Waals surface area contributed by atoms with E-state index in [4.69, 9.17) is 9.47 Å². The number of carbonyl (C=O) groups is 1. The number of ether oxygens (including phenoxy) is 2. The number of benzene rings is 1. The van der Waals surface area contributed by atoms with Crippen LogP contribution in [0.2, 0.25) is 0 Å². The third kappa shape index (κ3) is 3.35. The zero-order valence-corrected chi connectivity index (χ0v) is 11.9. The topological polar surface area (TPSA) is 35.5 Å². The van der Waals surface area contributed by atoms with Crippen molar-refractivity contribution in [1.82, 2.24) is 0 Å². The van der Waals surface area contributed by atoms with E-state index in [1.807, 2.05) is 38.1 Å². The van der Waals surface area contributed by atoms with Crippen molar-refractivity contribution in [2.24, 2.45) is 0 Å². The summed E-state index contributed by atoms with van der Waals surface area (Å²) >= 11 is 0. The molecule has 0 aliphatic carbocycles. The third-order valence-electron chi connectivity index (χ3n) is 3.87. The van der Waals surface area contributed by atoms with Crippen LogP contribution < -0.4 is 4.74 Å². The van der Waals surface area contributed by atoms with E-state index in [1.165, 1.54) is 0 Å². The molecule has 0 saturated carbocycles. The SMILES string of the molecule is COC(C)(C)CCC(=O)C1CCOc2ccccc21. The van der Waals surface area contributed by atoms with Gasteiger partial charge >= 0.3 is 0 Å². The van der Waals surface area contributed by atoms with Crippen molar-refractivity contribution in [2.45, 2.75) is 44.6 Å². The van der Waals surface area contributed by atoms with Crippen LogP contribution in [-0.2, 0) is 9.53 Å². The Balaban J connectivity index is 2.05. The molecule has 1 atom stereocenters. The van der Waals surface area contributed by atoms with Crippen molar-refractivity contribution in [2.75, 3.05) is 13.7 Å². The fourth-order valence-corrected chi connectivity index (χ4v) is 2.38. The van der Waals surface area contributed by atoms with E-state index in [9.17, 15) is 4.79 Å². The molecule has 1 aromatic rings. The quantitative estimate of drug-likeness (QED) is 0.816. The van der Waals surface area contributed by atoms with E-state index in [1.54, 1.807) is 7.11 Å². The maximum Gasteiger partial charge on any atom is 0.140 e. The van der Waals surface area contributed by atoms with Crippen molar-refractivity contribution < 1.29 is 14.3 Å². The van der Waals surface area contributed by atoms with Crippen LogP contribution in [0.15, 0.2) is 24.3 Å². The van der Waals surface area contributed by atoms with Gasteiger partial charge in [-0.05, 0) is 32.8 Å². The van der Waals surface area contributed by atoms with E-state index in [-0.39, 0.29) is 11.5 Å². The van der Waals surface area contributed by atoms with Crippen LogP contribution >= 0.6 is 0 Å². The van der Waals surface area contributed by atoms with Crippen LogP contribution in [0.4, 0.5) is 0 Å². The lowest BCUT2D eigenvalue weighted by Crippen LogP contribution is -2.26. The molecule has 2 rings (SSSR count). The monoisotopic (exact) mass is 262 g/mol. The highest BCUT2D eigenvalue weighted by Gasteiger charge is 2.28. The van der Waals surface area contributed by atoms with Crippen molar-refractivity contribution in [3.8, 4) is 5.75 Å². The smallest absolute Gasteiger partial charge is 0.140 e. The lowest BCUT2D eigenvalue weighted by atomic mass is 9.86. The molecule has 0 saturated heterocycles. The predicted molar refractivity (Wildman–Crippen MR) is 74.6 cm³/mol. The van der Waals surface area contributed by atoms with Gasteiger partial charge in [-0.1, -0.05) is 18.2 Å². The Morgan fingerprint density at radius 1 is 1.42 bits per heavy atom. The highest BCUT2D eigenvalue weighted by Crippen LogP contribution is 2.35. The molecule has 3 heteroatoms. The molecule has 0 fully saturated rings. The summed E-state index contributed by atoms with van der Waals surface area (Å²) in [5, 5.41) is 0. The van der Waals surface area contributed by atoms with Gasteiger partial charge in [-0.15, -0.1) is 0 Å². The van der Waals surface area contributed by atoms with Crippen LogP contribution in [0.3, 0.4) is 0 Å². The highest BCUT2D eigenvalue weighted by molar-refractivity contribution is 5.86. The first kappa shape index (κ1) is 14.1. The zero-order chi connectivity index (χ0) is 13.9. The van der Waals surface area contributed by atoms with Gasteiger partial charge < -0.3 is 9.47 Å². The molecule has 0 N–H and O–H groups in total. The first-order valence-corrected chi connectivity index (χ1v) is 6.83. The average molecular weight is 262 g/mol. The Hall–Kier alpha value is -1.35. The molecule has 1 aliphatic rings. The summed E-state index contributed by atoms with van der Waals surface area (Å²) in [6.45, 7) is 4.65. The summed E-state index contributed by atoms with van der Waals surface area (Å²) in [7, 11) is 1.69. The Bertz CT molecular complexity index is 451. The van der Waals surface area contributed by atoms with Gasteiger partial charge in [0.15, 0.2) is 0 Å². The molecular formula is C16H22O3. The van der Waals surface area contributed by atoms with Crippen LogP contribution in [0, 0.1) is 0 Å². The second kappa shape index (κ2) is 5.74. The summed E-state index contributed by atoms with van der Waals surface area (Å²) in [5.74, 6) is 1.14. The predicted octanol–water partition coefficient (Wildman–Crippen LogP) is 3.33. The third-order valence-corrected chi connectivity index (χ3v) is 3.87. The summed E-state index contributed by atoms with van der Waals surface area (Å²) in [6, 6.07) is 7.85. The first-order valence-electron chi connectivity index (χ1n) is 6.83. The van der Waals surface area contributed by atoms with Crippen molar-refractivity contribution in [3.63, 3.8) is 0 Å². The molecule has 0 bridgehead atoms. The van der Waals surface area contributed by atoms with Crippen molar-refractivity contribution >= 4 is 5.78 Å². The van der Waals surface area contributed by atoms with Crippen LogP contribution in [0.25, 0.3) is 0 Å². The Morgan fingerprint density at radius 2 is 2.16 bits per heavy atom. The van der Waals surface area contributed by atoms with Gasteiger partial charge in [0, 0.05) is 25.0 Å². The lowest BCUT2D eigenvalue weighted by molar-refractivity contribution is -0.122. The van der Waals surface area contributed by atoms with Gasteiger partial charge in [-0.3, -0.25) is 4.79 Å². The highest BCUT2D eigenvalue weighted by atomic mass is 16.5. The van der Waals surface area contributed by atoms with Crippen molar-refractivity contribution in [3.05, 3.63) is 29.8 Å². The molecule has 0 spiro atoms. The van der Waals surface area contributed by atoms with Gasteiger partial charge in [-0.25, -0.2) is 0 Å². The van der Waals surface area contributed by atoms with Gasteiger partial charge in [0.2, 0.25) is 0 Å². The minimum absolute atomic E-state index is 0.0161. The molecule has 1 aromatic carbocycles. The fraction of sp³-hybridized carbons (Fsp3) is 0.562. The molecule has 1 heterocycles. The molecule has 0 amide bonds. The Kier molecular flexibility index (Phi) is 4.25. The number of hydrogen-bond donors (Lipinski definition) is 0. The van der Waals surface area contributed by atoms with Crippen LogP contribution in [0.5, 0.6) is 5.75 Å². The van der Waals surface area contributed by atoms with Crippen LogP contribution in [0.1, 0.15) is 44.6 Å². The maximum absolute atomic E-state index is 12.4. The Labute approximate surface area is 114 Å². The number of carbonyl (C=O) groups excluding carboxylic acids is 1. The average Bonchev–Trinajstić information content (AvgIpc) is 2.44. The van der Waals surface area contributed by atoms with E-state index < -0.39 is 0 Å². The number of para-hydroxylation sites is 1. The van der Waals surface area contributed by atoms with Crippen molar-refractivity contribution in [1.29, 1.82) is 0 Å². The number of rotatable bonds is 5. The summed E-state index contributed by atoms with van der Waals surface area (Å²) in [5.41, 5.74) is 0.800. The molecule has 104 valence electrons. The molecule has 3 nitrogen and oxygen atoms in total. The molecular weight excluding hydrogens is 240 g/mol. The lowest BCUT2D eigenvalue weighted by Gasteiger charge is -2.27. The molecule has 19 heavy (non-hydrogen) atoms. The normalized spacial score (nSPS) is 18.6. The largest absolute Gasteiger partial charge is 0.493 e. The van der Waals surface area contributed by atoms with E-state index >= 15 is 0 Å². The number of fused-ring (bicyclic) bond motifs is 1. The summed E-state index contributed by atoms with van der Waals surface area (Å²) in [6.07, 6.45) is 2.09. The Morgan fingerprint density at radius 3 is 2.89 bits per heavy atom. The van der Waals surface area contributed by atoms with Gasteiger partial charge in [0.05, 0.1) is 12.2 Å². The minimum atomic E-state index is -0.236. The first-order chi connectivity index (χ1) is 9.03. The molecule has 0 aromatic heterocycles. The van der Waals surface area contributed by atoms with Gasteiger partial charge in [0.1, 0.15) is 11.5 Å².